The van der Waals surface area contributed by atoms with Crippen molar-refractivity contribution >= 4 is 23.2 Å². The second kappa shape index (κ2) is 3.27. The zero-order chi connectivity index (χ0) is 8.55. The van der Waals surface area contributed by atoms with Crippen LogP contribution < -0.4 is 0 Å². The lowest BCUT2D eigenvalue weighted by Gasteiger charge is -2.27. The Bertz CT molecular complexity index is 270. The minimum Gasteiger partial charge on any atom is -0.0840 e. The fourth-order valence-electron chi connectivity index (χ4n) is 1.60. The largest absolute Gasteiger partial charge is 0.0840 e. The Morgan fingerprint density at radius 3 is 2.08 bits per heavy atom. The molecule has 0 amide bonds. The van der Waals surface area contributed by atoms with E-state index in [1.54, 1.807) is 0 Å². The van der Waals surface area contributed by atoms with Crippen LogP contribution in [0.2, 0.25) is 10.0 Å². The van der Waals surface area contributed by atoms with Gasteiger partial charge in [0.1, 0.15) is 0 Å². The Labute approximate surface area is 82.5 Å². The van der Waals surface area contributed by atoms with Crippen molar-refractivity contribution in [3.8, 4) is 0 Å². The third-order valence-corrected chi connectivity index (χ3v) is 3.17. The summed E-state index contributed by atoms with van der Waals surface area (Å²) in [6.45, 7) is 0. The maximum absolute atomic E-state index is 6.05. The van der Waals surface area contributed by atoms with E-state index in [0.717, 1.165) is 15.6 Å². The van der Waals surface area contributed by atoms with Crippen molar-refractivity contribution in [2.45, 2.75) is 25.2 Å². The quantitative estimate of drug-likeness (QED) is 0.636. The average molecular weight is 201 g/mol. The molecule has 0 radical (unpaired) electrons. The smallest absolute Gasteiger partial charge is 0.0455 e. The van der Waals surface area contributed by atoms with Crippen molar-refractivity contribution < 1.29 is 0 Å². The molecule has 2 heteroatoms. The number of hydrogen-bond acceptors (Lipinski definition) is 0. The Morgan fingerprint density at radius 2 is 1.67 bits per heavy atom. The van der Waals surface area contributed by atoms with E-state index in [9.17, 15) is 0 Å². The summed E-state index contributed by atoms with van der Waals surface area (Å²) in [5, 5.41) is 1.65. The predicted molar refractivity (Wildman–Crippen MR) is 53.1 cm³/mol. The molecule has 0 nitrogen and oxygen atoms in total. The molecule has 0 heterocycles. The molecule has 1 fully saturated rings. The fraction of sp³-hybridized carbons (Fsp3) is 0.400. The number of halogens is 2. The van der Waals surface area contributed by atoms with Gasteiger partial charge in [-0.25, -0.2) is 0 Å². The van der Waals surface area contributed by atoms with E-state index in [0.29, 0.717) is 5.92 Å². The summed E-state index contributed by atoms with van der Waals surface area (Å²) in [6, 6.07) is 5.73. The molecule has 0 N–H and O–H groups in total. The van der Waals surface area contributed by atoms with Crippen molar-refractivity contribution in [2.24, 2.45) is 0 Å². The van der Waals surface area contributed by atoms with Gasteiger partial charge in [0.25, 0.3) is 0 Å². The van der Waals surface area contributed by atoms with Crippen LogP contribution in [0.15, 0.2) is 18.2 Å². The highest BCUT2D eigenvalue weighted by Gasteiger charge is 2.23. The summed E-state index contributed by atoms with van der Waals surface area (Å²) in [5.41, 5.74) is 1.16. The van der Waals surface area contributed by atoms with Gasteiger partial charge in [-0.2, -0.15) is 0 Å². The lowest BCUT2D eigenvalue weighted by molar-refractivity contribution is 0.420. The molecule has 12 heavy (non-hydrogen) atoms. The Morgan fingerprint density at radius 1 is 1.08 bits per heavy atom. The molecule has 0 unspecified atom stereocenters. The van der Waals surface area contributed by atoms with Gasteiger partial charge in [0.05, 0.1) is 0 Å². The second-order valence-corrected chi connectivity index (χ2v) is 4.08. The molecular weight excluding hydrogens is 191 g/mol. The van der Waals surface area contributed by atoms with E-state index < -0.39 is 0 Å². The van der Waals surface area contributed by atoms with Crippen LogP contribution in [0.25, 0.3) is 0 Å². The normalized spacial score (nSPS) is 17.5. The van der Waals surface area contributed by atoms with Crippen LogP contribution in [0.3, 0.4) is 0 Å². The van der Waals surface area contributed by atoms with E-state index in [2.05, 4.69) is 0 Å². The van der Waals surface area contributed by atoms with Gasteiger partial charge in [0, 0.05) is 10.0 Å². The van der Waals surface area contributed by atoms with Gasteiger partial charge in [-0.15, -0.1) is 0 Å². The Balaban J connectivity index is 2.39. The summed E-state index contributed by atoms with van der Waals surface area (Å²) in [5.74, 6) is 0.617. The maximum atomic E-state index is 6.05. The summed E-state index contributed by atoms with van der Waals surface area (Å²) in [4.78, 5) is 0. The first-order valence-electron chi connectivity index (χ1n) is 4.23. The van der Waals surface area contributed by atoms with Crippen molar-refractivity contribution in [3.63, 3.8) is 0 Å². The molecule has 2 rings (SSSR count). The van der Waals surface area contributed by atoms with E-state index in [1.807, 2.05) is 18.2 Å². The van der Waals surface area contributed by atoms with Gasteiger partial charge in [-0.1, -0.05) is 35.7 Å². The molecule has 0 bridgehead atoms. The van der Waals surface area contributed by atoms with Gasteiger partial charge < -0.3 is 0 Å². The highest BCUT2D eigenvalue weighted by molar-refractivity contribution is 6.36. The monoisotopic (exact) mass is 200 g/mol. The third kappa shape index (κ3) is 1.34. The van der Waals surface area contributed by atoms with E-state index in [-0.39, 0.29) is 0 Å². The van der Waals surface area contributed by atoms with E-state index in [1.165, 1.54) is 19.3 Å². The first-order valence-corrected chi connectivity index (χ1v) is 4.98. The van der Waals surface area contributed by atoms with Gasteiger partial charge >= 0.3 is 0 Å². The molecule has 64 valence electrons. The van der Waals surface area contributed by atoms with Crippen LogP contribution in [0.1, 0.15) is 30.7 Å². The van der Waals surface area contributed by atoms with Crippen molar-refractivity contribution in [1.82, 2.24) is 0 Å². The first-order chi connectivity index (χ1) is 5.79. The highest BCUT2D eigenvalue weighted by Crippen LogP contribution is 2.42. The van der Waals surface area contributed by atoms with Gasteiger partial charge in [-0.05, 0) is 36.5 Å². The van der Waals surface area contributed by atoms with Crippen LogP contribution >= 0.6 is 23.2 Å². The SMILES string of the molecule is Clc1cccc(Cl)c1C1CCC1. The summed E-state index contributed by atoms with van der Waals surface area (Å²) in [6.07, 6.45) is 3.79. The topological polar surface area (TPSA) is 0 Å². The van der Waals surface area contributed by atoms with Crippen LogP contribution in [0.5, 0.6) is 0 Å². The predicted octanol–water partition coefficient (Wildman–Crippen LogP) is 4.26. The second-order valence-electron chi connectivity index (χ2n) is 3.26. The molecule has 1 saturated carbocycles. The number of hydrogen-bond donors (Lipinski definition) is 0. The lowest BCUT2D eigenvalue weighted by Crippen LogP contribution is -2.09. The molecule has 0 atom stereocenters. The van der Waals surface area contributed by atoms with Crippen molar-refractivity contribution in [3.05, 3.63) is 33.8 Å². The molecule has 1 aromatic carbocycles. The number of benzene rings is 1. The minimum atomic E-state index is 0.617. The lowest BCUT2D eigenvalue weighted by atomic mass is 9.80. The van der Waals surface area contributed by atoms with Gasteiger partial charge in [0.2, 0.25) is 0 Å². The van der Waals surface area contributed by atoms with E-state index in [4.69, 9.17) is 23.2 Å². The van der Waals surface area contributed by atoms with Crippen molar-refractivity contribution in [1.29, 1.82) is 0 Å². The highest BCUT2D eigenvalue weighted by atomic mass is 35.5. The zero-order valence-corrected chi connectivity index (χ0v) is 8.20. The van der Waals surface area contributed by atoms with E-state index >= 15 is 0 Å². The van der Waals surface area contributed by atoms with Crippen LogP contribution in [0.4, 0.5) is 0 Å². The number of rotatable bonds is 1. The standard InChI is InChI=1S/C10H10Cl2/c11-8-5-2-6-9(12)10(8)7-3-1-4-7/h2,5-7H,1,3-4H2. The molecule has 0 aromatic heterocycles. The Kier molecular flexibility index (Phi) is 2.29. The molecular formula is C10H10Cl2. The zero-order valence-electron chi connectivity index (χ0n) is 6.69. The minimum absolute atomic E-state index is 0.617. The molecule has 1 aromatic rings. The van der Waals surface area contributed by atoms with Gasteiger partial charge in [0.15, 0.2) is 0 Å². The van der Waals surface area contributed by atoms with Crippen molar-refractivity contribution in [2.75, 3.05) is 0 Å². The summed E-state index contributed by atoms with van der Waals surface area (Å²) >= 11 is 12.1. The first kappa shape index (κ1) is 8.40. The average Bonchev–Trinajstić information content (AvgIpc) is 1.93. The molecule has 0 saturated heterocycles. The molecule has 0 aliphatic heterocycles. The van der Waals surface area contributed by atoms with Crippen LogP contribution in [-0.2, 0) is 0 Å². The maximum Gasteiger partial charge on any atom is 0.0455 e. The van der Waals surface area contributed by atoms with Gasteiger partial charge in [-0.3, -0.25) is 0 Å². The molecule has 1 aliphatic carbocycles. The summed E-state index contributed by atoms with van der Waals surface area (Å²) < 4.78 is 0. The summed E-state index contributed by atoms with van der Waals surface area (Å²) in [7, 11) is 0. The molecule has 1 aliphatic rings. The van der Waals surface area contributed by atoms with Crippen LogP contribution in [0, 0.1) is 0 Å². The molecule has 0 spiro atoms. The fourth-order valence-corrected chi connectivity index (χ4v) is 2.30. The third-order valence-electron chi connectivity index (χ3n) is 2.51. The Hall–Kier alpha value is -0.200. The van der Waals surface area contributed by atoms with Crippen LogP contribution in [-0.4, -0.2) is 0 Å².